The number of carbonyl (C=O) groups excluding carboxylic acids is 2. The van der Waals surface area contributed by atoms with Gasteiger partial charge in [-0.15, -0.1) is 11.8 Å². The van der Waals surface area contributed by atoms with Crippen LogP contribution >= 0.6 is 23.4 Å². The van der Waals surface area contributed by atoms with E-state index in [-0.39, 0.29) is 19.1 Å². The maximum absolute atomic E-state index is 12.1. The number of nitrogens with one attached hydrogen (secondary N) is 1. The van der Waals surface area contributed by atoms with Crippen LogP contribution in [0.4, 0.5) is 0 Å². The first-order valence-electron chi connectivity index (χ1n) is 8.36. The van der Waals surface area contributed by atoms with E-state index in [9.17, 15) is 9.59 Å². The Hall–Kier alpha value is -2.44. The Morgan fingerprint density at radius 3 is 2.74 bits per heavy atom. The van der Waals surface area contributed by atoms with Gasteiger partial charge in [-0.05, 0) is 36.4 Å². The van der Waals surface area contributed by atoms with Crippen LogP contribution in [0, 0.1) is 0 Å². The van der Waals surface area contributed by atoms with E-state index in [2.05, 4.69) is 5.32 Å². The quantitative estimate of drug-likeness (QED) is 0.435. The van der Waals surface area contributed by atoms with Crippen molar-refractivity contribution in [3.8, 4) is 5.75 Å². The summed E-state index contributed by atoms with van der Waals surface area (Å²) in [6.07, 6.45) is 1.72. The molecule has 0 unspecified atom stereocenters. The lowest BCUT2D eigenvalue weighted by molar-refractivity contribution is -0.145. The highest BCUT2D eigenvalue weighted by Gasteiger charge is 2.18. The van der Waals surface area contributed by atoms with Gasteiger partial charge in [-0.3, -0.25) is 4.79 Å². The summed E-state index contributed by atoms with van der Waals surface area (Å²) in [7, 11) is 0. The number of carbonyl (C=O) groups is 2. The molecule has 1 aliphatic rings. The Kier molecular flexibility index (Phi) is 6.79. The van der Waals surface area contributed by atoms with Gasteiger partial charge < -0.3 is 14.8 Å². The number of ether oxygens (including phenoxy) is 2. The SMILES string of the molecule is O=C(COC(=O)C1=Cc2ccccc2OC1)NCCSc1ccc(Cl)cc1. The first-order valence-corrected chi connectivity index (χ1v) is 9.73. The molecule has 0 saturated heterocycles. The van der Waals surface area contributed by atoms with Gasteiger partial charge in [0.25, 0.3) is 5.91 Å². The Bertz CT molecular complexity index is 851. The van der Waals surface area contributed by atoms with E-state index in [1.54, 1.807) is 17.8 Å². The molecule has 5 nitrogen and oxygen atoms in total. The molecule has 0 atom stereocenters. The van der Waals surface area contributed by atoms with E-state index in [1.165, 1.54) is 0 Å². The number of amides is 1. The van der Waals surface area contributed by atoms with Gasteiger partial charge in [-0.25, -0.2) is 4.79 Å². The predicted octanol–water partition coefficient (Wildman–Crippen LogP) is 3.57. The fourth-order valence-electron chi connectivity index (χ4n) is 2.40. The Labute approximate surface area is 166 Å². The normalized spacial score (nSPS) is 12.4. The third kappa shape index (κ3) is 5.77. The summed E-state index contributed by atoms with van der Waals surface area (Å²) in [6.45, 7) is 0.293. The average molecular weight is 404 g/mol. The predicted molar refractivity (Wildman–Crippen MR) is 106 cm³/mol. The van der Waals surface area contributed by atoms with Gasteiger partial charge in [0.05, 0.1) is 5.57 Å². The highest BCUT2D eigenvalue weighted by Crippen LogP contribution is 2.26. The monoisotopic (exact) mass is 403 g/mol. The summed E-state index contributed by atoms with van der Waals surface area (Å²) < 4.78 is 10.6. The summed E-state index contributed by atoms with van der Waals surface area (Å²) in [4.78, 5) is 25.0. The van der Waals surface area contributed by atoms with Crippen molar-refractivity contribution in [2.24, 2.45) is 0 Å². The van der Waals surface area contributed by atoms with Gasteiger partial charge in [0.1, 0.15) is 12.4 Å². The average Bonchev–Trinajstić information content (AvgIpc) is 2.70. The van der Waals surface area contributed by atoms with E-state index in [1.807, 2.05) is 48.5 Å². The molecule has 3 rings (SSSR count). The molecule has 1 heterocycles. The molecule has 27 heavy (non-hydrogen) atoms. The molecule has 2 aromatic rings. The molecular weight excluding hydrogens is 386 g/mol. The van der Waals surface area contributed by atoms with Crippen LogP contribution in [-0.4, -0.2) is 37.4 Å². The minimum Gasteiger partial charge on any atom is -0.488 e. The smallest absolute Gasteiger partial charge is 0.338 e. The number of fused-ring (bicyclic) bond motifs is 1. The Balaban J connectivity index is 1.37. The maximum atomic E-state index is 12.1. The highest BCUT2D eigenvalue weighted by atomic mass is 35.5. The second kappa shape index (κ2) is 9.48. The third-order valence-corrected chi connectivity index (χ3v) is 5.00. The van der Waals surface area contributed by atoms with Gasteiger partial charge in [0, 0.05) is 27.8 Å². The number of rotatable bonds is 7. The summed E-state index contributed by atoms with van der Waals surface area (Å²) in [5.41, 5.74) is 1.21. The van der Waals surface area contributed by atoms with E-state index in [0.717, 1.165) is 16.2 Å². The van der Waals surface area contributed by atoms with Crippen molar-refractivity contribution < 1.29 is 19.1 Å². The van der Waals surface area contributed by atoms with Gasteiger partial charge in [-0.2, -0.15) is 0 Å². The summed E-state index contributed by atoms with van der Waals surface area (Å²) in [5, 5.41) is 3.42. The zero-order chi connectivity index (χ0) is 19.1. The van der Waals surface area contributed by atoms with Crippen LogP contribution in [0.3, 0.4) is 0 Å². The molecule has 0 radical (unpaired) electrons. The lowest BCUT2D eigenvalue weighted by Crippen LogP contribution is -2.31. The van der Waals surface area contributed by atoms with Crippen LogP contribution in [0.2, 0.25) is 5.02 Å². The van der Waals surface area contributed by atoms with Crippen molar-refractivity contribution in [1.29, 1.82) is 0 Å². The third-order valence-electron chi connectivity index (χ3n) is 3.74. The fraction of sp³-hybridized carbons (Fsp3) is 0.200. The van der Waals surface area contributed by atoms with Crippen molar-refractivity contribution in [3.05, 3.63) is 64.7 Å². The van der Waals surface area contributed by atoms with Crippen molar-refractivity contribution in [1.82, 2.24) is 5.32 Å². The lowest BCUT2D eigenvalue weighted by Gasteiger charge is -2.16. The first kappa shape index (κ1) is 19.3. The van der Waals surface area contributed by atoms with E-state index >= 15 is 0 Å². The van der Waals surface area contributed by atoms with Crippen LogP contribution in [0.15, 0.2) is 59.0 Å². The molecule has 7 heteroatoms. The zero-order valence-corrected chi connectivity index (χ0v) is 16.0. The summed E-state index contributed by atoms with van der Waals surface area (Å²) >= 11 is 7.44. The van der Waals surface area contributed by atoms with Crippen molar-refractivity contribution in [2.75, 3.05) is 25.5 Å². The molecule has 0 saturated carbocycles. The number of para-hydroxylation sites is 1. The van der Waals surface area contributed by atoms with Crippen LogP contribution < -0.4 is 10.1 Å². The van der Waals surface area contributed by atoms with Gasteiger partial charge in [0.15, 0.2) is 6.61 Å². The topological polar surface area (TPSA) is 64.6 Å². The molecule has 0 aliphatic carbocycles. The number of benzene rings is 2. The molecule has 0 fully saturated rings. The second-order valence-electron chi connectivity index (χ2n) is 5.72. The largest absolute Gasteiger partial charge is 0.488 e. The van der Waals surface area contributed by atoms with Crippen LogP contribution in [-0.2, 0) is 14.3 Å². The van der Waals surface area contributed by atoms with Crippen molar-refractivity contribution in [2.45, 2.75) is 4.90 Å². The van der Waals surface area contributed by atoms with Gasteiger partial charge in [-0.1, -0.05) is 29.8 Å². The number of hydrogen-bond acceptors (Lipinski definition) is 5. The van der Waals surface area contributed by atoms with E-state index < -0.39 is 5.97 Å². The number of halogens is 1. The molecule has 1 N–H and O–H groups in total. The number of esters is 1. The lowest BCUT2D eigenvalue weighted by atomic mass is 10.1. The van der Waals surface area contributed by atoms with Gasteiger partial charge >= 0.3 is 5.97 Å². The first-order chi connectivity index (χ1) is 13.1. The highest BCUT2D eigenvalue weighted by molar-refractivity contribution is 7.99. The minimum atomic E-state index is -0.546. The van der Waals surface area contributed by atoms with Crippen molar-refractivity contribution >= 4 is 41.3 Å². The molecule has 0 bridgehead atoms. The van der Waals surface area contributed by atoms with Crippen LogP contribution in [0.5, 0.6) is 5.75 Å². The molecule has 0 aromatic heterocycles. The molecule has 1 amide bonds. The fourth-order valence-corrected chi connectivity index (χ4v) is 3.29. The zero-order valence-electron chi connectivity index (χ0n) is 14.4. The van der Waals surface area contributed by atoms with Crippen LogP contribution in [0.25, 0.3) is 6.08 Å². The summed E-state index contributed by atoms with van der Waals surface area (Å²) in [6, 6.07) is 14.9. The number of thioether (sulfide) groups is 1. The van der Waals surface area contributed by atoms with E-state index in [0.29, 0.717) is 22.9 Å². The molecule has 140 valence electrons. The summed E-state index contributed by atoms with van der Waals surface area (Å²) in [5.74, 6) is 0.551. The minimum absolute atomic E-state index is 0.134. The Morgan fingerprint density at radius 1 is 1.15 bits per heavy atom. The molecule has 0 spiro atoms. The van der Waals surface area contributed by atoms with Crippen molar-refractivity contribution in [3.63, 3.8) is 0 Å². The maximum Gasteiger partial charge on any atom is 0.338 e. The second-order valence-corrected chi connectivity index (χ2v) is 7.33. The molecular formula is C20H18ClNO4S. The standard InChI is InChI=1S/C20H18ClNO4S/c21-16-5-7-17(8-6-16)27-10-9-22-19(23)13-26-20(24)15-11-14-3-1-2-4-18(14)25-12-15/h1-8,11H,9-10,12-13H2,(H,22,23). The van der Waals surface area contributed by atoms with Crippen LogP contribution in [0.1, 0.15) is 5.56 Å². The molecule has 1 aliphatic heterocycles. The van der Waals surface area contributed by atoms with Gasteiger partial charge in [0.2, 0.25) is 0 Å². The van der Waals surface area contributed by atoms with E-state index in [4.69, 9.17) is 21.1 Å². The Morgan fingerprint density at radius 2 is 1.93 bits per heavy atom. The molecule has 2 aromatic carbocycles. The number of hydrogen-bond donors (Lipinski definition) is 1.